The van der Waals surface area contributed by atoms with E-state index in [2.05, 4.69) is 0 Å². The molecular weight excluding hydrogens is 360 g/mol. The fraction of sp³-hybridized carbons (Fsp3) is 0.381. The molecule has 0 spiro atoms. The summed E-state index contributed by atoms with van der Waals surface area (Å²) in [5.74, 6) is -0.465. The molecule has 0 aliphatic carbocycles. The van der Waals surface area contributed by atoms with E-state index in [0.29, 0.717) is 23.5 Å². The molecule has 1 heterocycles. The number of methoxy groups -OCH3 is 1. The van der Waals surface area contributed by atoms with E-state index in [-0.39, 0.29) is 25.0 Å². The molecule has 0 radical (unpaired) electrons. The van der Waals surface area contributed by atoms with Crippen molar-refractivity contribution in [3.05, 3.63) is 52.8 Å². The Morgan fingerprint density at radius 3 is 2.46 bits per heavy atom. The average Bonchev–Trinajstić information content (AvgIpc) is 2.99. The Balaban J connectivity index is 1.90. The first-order valence-electron chi connectivity index (χ1n) is 8.86. The maximum Gasteiger partial charge on any atom is 0.344 e. The molecular formula is C21H24N2O5. The van der Waals surface area contributed by atoms with Crippen LogP contribution in [0.15, 0.2) is 30.3 Å². The van der Waals surface area contributed by atoms with Gasteiger partial charge in [-0.05, 0) is 51.1 Å². The Kier molecular flexibility index (Phi) is 7.36. The maximum atomic E-state index is 12.5. The lowest BCUT2D eigenvalue weighted by atomic mass is 10.1. The molecule has 0 aliphatic rings. The largest absolute Gasteiger partial charge is 0.482 e. The van der Waals surface area contributed by atoms with Gasteiger partial charge >= 0.3 is 5.97 Å². The van der Waals surface area contributed by atoms with E-state index in [1.807, 2.05) is 31.4 Å². The van der Waals surface area contributed by atoms with Crippen molar-refractivity contribution in [3.8, 4) is 11.8 Å². The van der Waals surface area contributed by atoms with Crippen molar-refractivity contribution in [3.63, 3.8) is 0 Å². The lowest BCUT2D eigenvalue weighted by Crippen LogP contribution is -2.20. The summed E-state index contributed by atoms with van der Waals surface area (Å²) < 4.78 is 17.6. The summed E-state index contributed by atoms with van der Waals surface area (Å²) in [5, 5.41) is 8.75. The first kappa shape index (κ1) is 21.2. The van der Waals surface area contributed by atoms with E-state index in [1.54, 1.807) is 37.4 Å². The molecule has 1 aromatic carbocycles. The minimum absolute atomic E-state index is 0.0925. The number of aryl methyl sites for hydroxylation is 1. The second-order valence-electron chi connectivity index (χ2n) is 6.47. The van der Waals surface area contributed by atoms with Crippen LogP contribution in [0.4, 0.5) is 0 Å². The number of benzene rings is 1. The molecule has 7 nitrogen and oxygen atoms in total. The van der Waals surface area contributed by atoms with Crippen LogP contribution < -0.4 is 4.74 Å². The van der Waals surface area contributed by atoms with Crippen LogP contribution in [0.2, 0.25) is 0 Å². The molecule has 0 fully saturated rings. The number of carbonyl (C=O) groups excluding carboxylic acids is 2. The van der Waals surface area contributed by atoms with E-state index < -0.39 is 5.97 Å². The standard InChI is InChI=1S/C21H24N2O5/c1-14-9-19(16(3)23(14)15(2)11-26-4)20(24)12-28-21(25)13-27-18-7-5-17(10-22)6-8-18/h5-9,15H,11-13H2,1-4H3/t15-/m0/s1. The van der Waals surface area contributed by atoms with Gasteiger partial charge in [-0.3, -0.25) is 4.79 Å². The molecule has 148 valence electrons. The van der Waals surface area contributed by atoms with Crippen LogP contribution in [0.1, 0.15) is 40.3 Å². The highest BCUT2D eigenvalue weighted by Gasteiger charge is 2.20. The molecule has 0 unspecified atom stereocenters. The summed E-state index contributed by atoms with van der Waals surface area (Å²) in [6, 6.07) is 10.2. The molecule has 0 saturated carbocycles. The third-order valence-corrected chi connectivity index (χ3v) is 4.34. The summed E-state index contributed by atoms with van der Waals surface area (Å²) in [7, 11) is 1.64. The average molecular weight is 384 g/mol. The fourth-order valence-corrected chi connectivity index (χ4v) is 3.09. The van der Waals surface area contributed by atoms with Gasteiger partial charge in [-0.25, -0.2) is 4.79 Å². The molecule has 0 saturated heterocycles. The van der Waals surface area contributed by atoms with Crippen LogP contribution in [0.3, 0.4) is 0 Å². The second kappa shape index (κ2) is 9.72. The van der Waals surface area contributed by atoms with Crippen molar-refractivity contribution in [2.75, 3.05) is 26.9 Å². The summed E-state index contributed by atoms with van der Waals surface area (Å²) in [4.78, 5) is 24.3. The number of Topliss-reactive ketones (excluding diaryl/α,β-unsaturated/α-hetero) is 1. The number of hydrogen-bond acceptors (Lipinski definition) is 6. The van der Waals surface area contributed by atoms with Crippen molar-refractivity contribution in [1.82, 2.24) is 4.57 Å². The Morgan fingerprint density at radius 2 is 1.86 bits per heavy atom. The van der Waals surface area contributed by atoms with Gasteiger partial charge in [0.1, 0.15) is 5.75 Å². The van der Waals surface area contributed by atoms with Crippen molar-refractivity contribution in [2.24, 2.45) is 0 Å². The molecule has 2 aromatic rings. The van der Waals surface area contributed by atoms with Crippen LogP contribution in [-0.4, -0.2) is 43.3 Å². The number of ether oxygens (including phenoxy) is 3. The monoisotopic (exact) mass is 384 g/mol. The van der Waals surface area contributed by atoms with Crippen LogP contribution in [0, 0.1) is 25.2 Å². The first-order chi connectivity index (χ1) is 13.4. The molecule has 0 bridgehead atoms. The molecule has 0 aliphatic heterocycles. The molecule has 0 amide bonds. The van der Waals surface area contributed by atoms with Crippen molar-refractivity contribution in [1.29, 1.82) is 5.26 Å². The smallest absolute Gasteiger partial charge is 0.344 e. The number of nitrogens with zero attached hydrogens (tertiary/aromatic N) is 2. The van der Waals surface area contributed by atoms with Gasteiger partial charge in [0.25, 0.3) is 0 Å². The van der Waals surface area contributed by atoms with Gasteiger partial charge in [0.15, 0.2) is 13.2 Å². The SMILES string of the molecule is COC[C@H](C)n1c(C)cc(C(=O)COC(=O)COc2ccc(C#N)cc2)c1C. The molecule has 1 atom stereocenters. The zero-order chi connectivity index (χ0) is 20.7. The molecule has 0 N–H and O–H groups in total. The van der Waals surface area contributed by atoms with Crippen molar-refractivity contribution in [2.45, 2.75) is 26.8 Å². The minimum Gasteiger partial charge on any atom is -0.482 e. The summed E-state index contributed by atoms with van der Waals surface area (Å²) in [5.41, 5.74) is 2.79. The van der Waals surface area contributed by atoms with E-state index in [0.717, 1.165) is 11.4 Å². The van der Waals surface area contributed by atoms with Gasteiger partial charge in [0.2, 0.25) is 5.78 Å². The highest BCUT2D eigenvalue weighted by atomic mass is 16.6. The van der Waals surface area contributed by atoms with Gasteiger partial charge in [0, 0.05) is 24.1 Å². The number of ketones is 1. The van der Waals surface area contributed by atoms with E-state index >= 15 is 0 Å². The van der Waals surface area contributed by atoms with Crippen molar-refractivity contribution >= 4 is 11.8 Å². The van der Waals surface area contributed by atoms with Crippen LogP contribution >= 0.6 is 0 Å². The van der Waals surface area contributed by atoms with Gasteiger partial charge in [-0.1, -0.05) is 0 Å². The van der Waals surface area contributed by atoms with Crippen molar-refractivity contribution < 1.29 is 23.8 Å². The highest BCUT2D eigenvalue weighted by Crippen LogP contribution is 2.21. The maximum absolute atomic E-state index is 12.5. The predicted molar refractivity (Wildman–Crippen MR) is 102 cm³/mol. The third kappa shape index (κ3) is 5.21. The lowest BCUT2D eigenvalue weighted by Gasteiger charge is -2.17. The molecule has 7 heteroatoms. The van der Waals surface area contributed by atoms with E-state index in [9.17, 15) is 9.59 Å². The number of nitriles is 1. The minimum atomic E-state index is -0.640. The van der Waals surface area contributed by atoms with Gasteiger partial charge < -0.3 is 18.8 Å². The van der Waals surface area contributed by atoms with Crippen LogP contribution in [0.5, 0.6) is 5.75 Å². The Hall–Kier alpha value is -3.11. The highest BCUT2D eigenvalue weighted by molar-refractivity contribution is 5.99. The summed E-state index contributed by atoms with van der Waals surface area (Å²) in [6.07, 6.45) is 0. The van der Waals surface area contributed by atoms with E-state index in [1.165, 1.54) is 0 Å². The summed E-state index contributed by atoms with van der Waals surface area (Å²) in [6.45, 7) is 5.67. The zero-order valence-corrected chi connectivity index (χ0v) is 16.5. The number of aromatic nitrogens is 1. The first-order valence-corrected chi connectivity index (χ1v) is 8.86. The third-order valence-electron chi connectivity index (χ3n) is 4.34. The van der Waals surface area contributed by atoms with Gasteiger partial charge in [0.05, 0.1) is 24.3 Å². The zero-order valence-electron chi connectivity index (χ0n) is 16.5. The van der Waals surface area contributed by atoms with Gasteiger partial charge in [-0.15, -0.1) is 0 Å². The van der Waals surface area contributed by atoms with Crippen LogP contribution in [-0.2, 0) is 14.3 Å². The van der Waals surface area contributed by atoms with Gasteiger partial charge in [-0.2, -0.15) is 5.26 Å². The molecule has 1 aromatic heterocycles. The molecule has 28 heavy (non-hydrogen) atoms. The number of carbonyl (C=O) groups is 2. The topological polar surface area (TPSA) is 90.6 Å². The number of hydrogen-bond donors (Lipinski definition) is 0. The Morgan fingerprint density at radius 1 is 1.18 bits per heavy atom. The fourth-order valence-electron chi connectivity index (χ4n) is 3.09. The summed E-state index contributed by atoms with van der Waals surface area (Å²) >= 11 is 0. The molecule has 2 rings (SSSR count). The number of esters is 1. The second-order valence-corrected chi connectivity index (χ2v) is 6.47. The quantitative estimate of drug-likeness (QED) is 0.488. The van der Waals surface area contributed by atoms with E-state index in [4.69, 9.17) is 19.5 Å². The lowest BCUT2D eigenvalue weighted by molar-refractivity contribution is -0.144. The normalized spacial score (nSPS) is 11.5. The van der Waals surface area contributed by atoms with Crippen LogP contribution in [0.25, 0.3) is 0 Å². The predicted octanol–water partition coefficient (Wildman–Crippen LogP) is 2.99. The number of rotatable bonds is 9. The Labute approximate surface area is 164 Å². The Bertz CT molecular complexity index is 877.